The third kappa shape index (κ3) is 6.29. The Bertz CT molecular complexity index is 900. The highest BCUT2D eigenvalue weighted by Crippen LogP contribution is 2.27. The Morgan fingerprint density at radius 2 is 2.07 bits per heavy atom. The summed E-state index contributed by atoms with van der Waals surface area (Å²) in [4.78, 5) is 32.1. The summed E-state index contributed by atoms with van der Waals surface area (Å²) in [7, 11) is 0. The molecule has 2 N–H and O–H groups in total. The lowest BCUT2D eigenvalue weighted by atomic mass is 9.96. The van der Waals surface area contributed by atoms with E-state index in [0.29, 0.717) is 24.0 Å². The molecule has 1 aliphatic heterocycles. The van der Waals surface area contributed by atoms with Crippen molar-refractivity contribution in [1.82, 2.24) is 9.88 Å². The lowest BCUT2D eigenvalue weighted by Crippen LogP contribution is -2.41. The molecule has 1 saturated heterocycles. The zero-order valence-corrected chi connectivity index (χ0v) is 17.8. The highest BCUT2D eigenvalue weighted by atomic mass is 32.2. The van der Waals surface area contributed by atoms with E-state index in [9.17, 15) is 9.59 Å². The predicted molar refractivity (Wildman–Crippen MR) is 116 cm³/mol. The number of para-hydroxylation sites is 1. The Hall–Kier alpha value is -2.41. The monoisotopic (exact) mass is 429 g/mol. The van der Waals surface area contributed by atoms with Gasteiger partial charge >= 0.3 is 0 Å². The largest absolute Gasteiger partial charge is 0.324 e. The standard InChI is InChI=1S/C20H23N5O2S2/c1-14-13-29-20(22-14)24-19(27)15-6-9-25(10-7-15)12-18(26)23-16-4-2-3-5-17(16)28-11-8-21/h2-5,13,15H,6-7,9-12H2,1H3,(H,23,26)(H,22,24,27). The second kappa shape index (κ2) is 10.4. The number of rotatable bonds is 7. The van der Waals surface area contributed by atoms with Crippen LogP contribution in [0.15, 0.2) is 34.5 Å². The first-order chi connectivity index (χ1) is 14.0. The number of anilines is 2. The molecule has 2 aromatic rings. The van der Waals surface area contributed by atoms with Gasteiger partial charge in [-0.15, -0.1) is 23.1 Å². The van der Waals surface area contributed by atoms with Crippen LogP contribution in [-0.2, 0) is 9.59 Å². The molecule has 7 nitrogen and oxygen atoms in total. The van der Waals surface area contributed by atoms with E-state index >= 15 is 0 Å². The molecule has 1 aromatic heterocycles. The SMILES string of the molecule is Cc1csc(NC(=O)C2CCN(CC(=O)Nc3ccccc3SCC#N)CC2)n1. The van der Waals surface area contributed by atoms with Gasteiger partial charge in [-0.2, -0.15) is 5.26 Å². The molecular weight excluding hydrogens is 406 g/mol. The number of hydrogen-bond donors (Lipinski definition) is 2. The second-order valence-electron chi connectivity index (χ2n) is 6.82. The summed E-state index contributed by atoms with van der Waals surface area (Å²) < 4.78 is 0. The quantitative estimate of drug-likeness (QED) is 0.655. The normalized spacial score (nSPS) is 14.9. The zero-order valence-electron chi connectivity index (χ0n) is 16.2. The summed E-state index contributed by atoms with van der Waals surface area (Å²) in [5.41, 5.74) is 1.63. The number of hydrogen-bond acceptors (Lipinski definition) is 7. The molecule has 3 rings (SSSR count). The van der Waals surface area contributed by atoms with Crippen LogP contribution in [-0.4, -0.2) is 47.1 Å². The van der Waals surface area contributed by atoms with Gasteiger partial charge in [0.15, 0.2) is 5.13 Å². The van der Waals surface area contributed by atoms with E-state index in [2.05, 4.69) is 26.6 Å². The first kappa shape index (κ1) is 21.3. The molecule has 0 spiro atoms. The summed E-state index contributed by atoms with van der Waals surface area (Å²) in [6.07, 6.45) is 1.44. The second-order valence-corrected chi connectivity index (χ2v) is 8.70. The van der Waals surface area contributed by atoms with Crippen LogP contribution >= 0.6 is 23.1 Å². The molecule has 1 fully saturated rings. The molecule has 0 saturated carbocycles. The molecule has 152 valence electrons. The molecule has 0 bridgehead atoms. The van der Waals surface area contributed by atoms with Crippen LogP contribution in [0, 0.1) is 24.2 Å². The van der Waals surface area contributed by atoms with Gasteiger partial charge in [0.05, 0.1) is 29.7 Å². The number of nitrogens with zero attached hydrogens (tertiary/aromatic N) is 3. The van der Waals surface area contributed by atoms with Crippen LogP contribution in [0.5, 0.6) is 0 Å². The van der Waals surface area contributed by atoms with Crippen LogP contribution in [0.4, 0.5) is 10.8 Å². The minimum absolute atomic E-state index is 0.00639. The summed E-state index contributed by atoms with van der Waals surface area (Å²) in [5, 5.41) is 17.1. The summed E-state index contributed by atoms with van der Waals surface area (Å²) in [6.45, 7) is 3.59. The summed E-state index contributed by atoms with van der Waals surface area (Å²) in [5.74, 6) is 0.202. The van der Waals surface area contributed by atoms with Crippen molar-refractivity contribution in [1.29, 1.82) is 5.26 Å². The van der Waals surface area contributed by atoms with Crippen LogP contribution in [0.1, 0.15) is 18.5 Å². The third-order valence-corrected chi connectivity index (χ3v) is 6.44. The number of thiazole rings is 1. The highest BCUT2D eigenvalue weighted by Gasteiger charge is 2.26. The Morgan fingerprint density at radius 3 is 2.76 bits per heavy atom. The van der Waals surface area contributed by atoms with Crippen molar-refractivity contribution in [2.24, 2.45) is 5.92 Å². The van der Waals surface area contributed by atoms with Crippen molar-refractivity contribution >= 4 is 45.7 Å². The average molecular weight is 430 g/mol. The van der Waals surface area contributed by atoms with E-state index < -0.39 is 0 Å². The minimum atomic E-state index is -0.0869. The van der Waals surface area contributed by atoms with Gasteiger partial charge in [-0.05, 0) is 45.0 Å². The Kier molecular flexibility index (Phi) is 7.63. The predicted octanol–water partition coefficient (Wildman–Crippen LogP) is 3.36. The number of likely N-dealkylation sites (tertiary alicyclic amines) is 1. The molecule has 0 atom stereocenters. The molecule has 1 aliphatic rings. The van der Waals surface area contributed by atoms with Crippen molar-refractivity contribution < 1.29 is 9.59 Å². The van der Waals surface area contributed by atoms with E-state index in [1.807, 2.05) is 36.6 Å². The van der Waals surface area contributed by atoms with Gasteiger partial charge in [0.25, 0.3) is 0 Å². The molecule has 2 heterocycles. The third-order valence-electron chi connectivity index (χ3n) is 4.63. The van der Waals surface area contributed by atoms with Crippen LogP contribution in [0.25, 0.3) is 0 Å². The molecule has 0 aliphatic carbocycles. The van der Waals surface area contributed by atoms with Gasteiger partial charge in [0, 0.05) is 16.2 Å². The molecule has 1 aromatic carbocycles. The van der Waals surface area contributed by atoms with Crippen molar-refractivity contribution in [3.8, 4) is 6.07 Å². The van der Waals surface area contributed by atoms with E-state index in [-0.39, 0.29) is 24.3 Å². The smallest absolute Gasteiger partial charge is 0.238 e. The maximum absolute atomic E-state index is 12.5. The number of carbonyl (C=O) groups excluding carboxylic acids is 2. The van der Waals surface area contributed by atoms with Crippen molar-refractivity contribution in [3.05, 3.63) is 35.3 Å². The van der Waals surface area contributed by atoms with E-state index in [1.54, 1.807) is 0 Å². The van der Waals surface area contributed by atoms with Crippen LogP contribution < -0.4 is 10.6 Å². The number of amides is 2. The molecule has 2 amide bonds. The van der Waals surface area contributed by atoms with Gasteiger partial charge in [0.1, 0.15) is 0 Å². The van der Waals surface area contributed by atoms with Gasteiger partial charge < -0.3 is 10.6 Å². The van der Waals surface area contributed by atoms with Gasteiger partial charge in [-0.1, -0.05) is 12.1 Å². The van der Waals surface area contributed by atoms with Crippen LogP contribution in [0.3, 0.4) is 0 Å². The lowest BCUT2D eigenvalue weighted by molar-refractivity contribution is -0.121. The molecule has 9 heteroatoms. The van der Waals surface area contributed by atoms with Crippen molar-refractivity contribution in [3.63, 3.8) is 0 Å². The molecule has 29 heavy (non-hydrogen) atoms. The zero-order chi connectivity index (χ0) is 20.6. The van der Waals surface area contributed by atoms with E-state index in [4.69, 9.17) is 5.26 Å². The van der Waals surface area contributed by atoms with E-state index in [1.165, 1.54) is 23.1 Å². The first-order valence-corrected chi connectivity index (χ1v) is 11.3. The average Bonchev–Trinajstić information content (AvgIpc) is 3.12. The van der Waals surface area contributed by atoms with Gasteiger partial charge in [-0.3, -0.25) is 14.5 Å². The van der Waals surface area contributed by atoms with Gasteiger partial charge in [0.2, 0.25) is 11.8 Å². The first-order valence-electron chi connectivity index (χ1n) is 9.39. The number of aryl methyl sites for hydroxylation is 1. The fraction of sp³-hybridized carbons (Fsp3) is 0.400. The summed E-state index contributed by atoms with van der Waals surface area (Å²) >= 11 is 2.83. The highest BCUT2D eigenvalue weighted by molar-refractivity contribution is 7.99. The number of benzene rings is 1. The number of carbonyl (C=O) groups is 2. The number of aromatic nitrogens is 1. The molecule has 0 unspecified atom stereocenters. The number of thioether (sulfide) groups is 1. The fourth-order valence-electron chi connectivity index (χ4n) is 3.17. The summed E-state index contributed by atoms with van der Waals surface area (Å²) in [6, 6.07) is 9.58. The maximum Gasteiger partial charge on any atom is 0.238 e. The van der Waals surface area contributed by atoms with Gasteiger partial charge in [-0.25, -0.2) is 4.98 Å². The number of piperidine rings is 1. The topological polar surface area (TPSA) is 98.1 Å². The lowest BCUT2D eigenvalue weighted by Gasteiger charge is -2.30. The maximum atomic E-state index is 12.5. The molecule has 0 radical (unpaired) electrons. The van der Waals surface area contributed by atoms with Crippen LogP contribution in [0.2, 0.25) is 0 Å². The van der Waals surface area contributed by atoms with Crippen molar-refractivity contribution in [2.45, 2.75) is 24.7 Å². The Labute approximate surface area is 178 Å². The Morgan fingerprint density at radius 1 is 1.31 bits per heavy atom. The number of nitriles is 1. The Balaban J connectivity index is 1.45. The fourth-order valence-corrected chi connectivity index (χ4v) is 4.53. The molecular formula is C20H23N5O2S2. The minimum Gasteiger partial charge on any atom is -0.324 e. The van der Waals surface area contributed by atoms with Crippen molar-refractivity contribution in [2.75, 3.05) is 36.0 Å². The number of nitrogens with one attached hydrogen (secondary N) is 2. The van der Waals surface area contributed by atoms with E-state index in [0.717, 1.165) is 29.1 Å².